The summed E-state index contributed by atoms with van der Waals surface area (Å²) in [4.78, 5) is 6.94. The molecule has 0 aromatic heterocycles. The van der Waals surface area contributed by atoms with Crippen LogP contribution in [0.4, 0.5) is 0 Å². The zero-order valence-electron chi connectivity index (χ0n) is 17.1. The number of hydrogen-bond acceptors (Lipinski definition) is 4. The summed E-state index contributed by atoms with van der Waals surface area (Å²) in [5.74, 6) is 3.11. The fourth-order valence-electron chi connectivity index (χ4n) is 4.56. The predicted octanol–water partition coefficient (Wildman–Crippen LogP) is 3.44. The minimum atomic E-state index is 0.511. The van der Waals surface area contributed by atoms with Gasteiger partial charge in [-0.15, -0.1) is 0 Å². The first kappa shape index (κ1) is 19.6. The van der Waals surface area contributed by atoms with Crippen LogP contribution in [-0.2, 0) is 6.54 Å². The lowest BCUT2D eigenvalue weighted by Gasteiger charge is -2.33. The molecule has 0 radical (unpaired) electrons. The zero-order chi connectivity index (χ0) is 19.3. The molecule has 0 bridgehead atoms. The number of rotatable bonds is 5. The minimum absolute atomic E-state index is 0.511. The molecule has 27 heavy (non-hydrogen) atoms. The van der Waals surface area contributed by atoms with Crippen LogP contribution in [0.5, 0.6) is 17.2 Å². The number of hydrogen-bond donors (Lipinski definition) is 1. The van der Waals surface area contributed by atoms with Gasteiger partial charge in [0.1, 0.15) is 5.75 Å². The van der Waals surface area contributed by atoms with Crippen molar-refractivity contribution in [2.45, 2.75) is 45.1 Å². The Morgan fingerprint density at radius 2 is 1.67 bits per heavy atom. The lowest BCUT2D eigenvalue weighted by atomic mass is 9.73. The summed E-state index contributed by atoms with van der Waals surface area (Å²) < 4.78 is 16.3. The molecule has 1 N–H and O–H groups in total. The third-order valence-electron chi connectivity index (χ3n) is 6.09. The molecule has 1 spiro atoms. The molecule has 6 nitrogen and oxygen atoms in total. The summed E-state index contributed by atoms with van der Waals surface area (Å²) in [6.07, 6.45) is 8.17. The van der Waals surface area contributed by atoms with Gasteiger partial charge in [-0.2, -0.15) is 0 Å². The molecule has 1 aliphatic heterocycles. The molecule has 6 heteroatoms. The predicted molar refractivity (Wildman–Crippen MR) is 108 cm³/mol. The zero-order valence-corrected chi connectivity index (χ0v) is 17.1. The standard InChI is InChI=1S/C21H33N3O3/c1-22-20(24-11-10-21(15-24)8-6-5-7-9-21)23-14-16-12-18(26-3)19(27-4)13-17(16)25-2/h12-13H,5-11,14-15H2,1-4H3,(H,22,23). The van der Waals surface area contributed by atoms with Crippen LogP contribution in [-0.4, -0.2) is 52.3 Å². The van der Waals surface area contributed by atoms with Crippen LogP contribution in [0.1, 0.15) is 44.1 Å². The minimum Gasteiger partial charge on any atom is -0.496 e. The Kier molecular flexibility index (Phi) is 6.34. The number of aliphatic imine (C=N–C) groups is 1. The maximum Gasteiger partial charge on any atom is 0.193 e. The molecule has 1 aliphatic carbocycles. The Morgan fingerprint density at radius 1 is 1.00 bits per heavy atom. The molecule has 150 valence electrons. The topological polar surface area (TPSA) is 55.3 Å². The Balaban J connectivity index is 1.68. The number of guanidine groups is 1. The van der Waals surface area contributed by atoms with Gasteiger partial charge < -0.3 is 24.4 Å². The van der Waals surface area contributed by atoms with Crippen LogP contribution < -0.4 is 19.5 Å². The van der Waals surface area contributed by atoms with E-state index >= 15 is 0 Å². The van der Waals surface area contributed by atoms with Crippen molar-refractivity contribution >= 4 is 5.96 Å². The van der Waals surface area contributed by atoms with E-state index in [1.807, 2.05) is 19.2 Å². The Bertz CT molecular complexity index is 669. The molecule has 0 unspecified atom stereocenters. The highest BCUT2D eigenvalue weighted by Gasteiger charge is 2.39. The number of nitrogens with one attached hydrogen (secondary N) is 1. The number of ether oxygens (including phenoxy) is 3. The van der Waals surface area contributed by atoms with E-state index in [0.29, 0.717) is 23.5 Å². The fourth-order valence-corrected chi connectivity index (χ4v) is 4.56. The molecule has 1 aromatic rings. The van der Waals surface area contributed by atoms with E-state index in [1.165, 1.54) is 38.5 Å². The van der Waals surface area contributed by atoms with Gasteiger partial charge in [0.05, 0.1) is 21.3 Å². The van der Waals surface area contributed by atoms with Crippen molar-refractivity contribution in [1.82, 2.24) is 10.2 Å². The van der Waals surface area contributed by atoms with Crippen molar-refractivity contribution in [2.75, 3.05) is 41.5 Å². The molecule has 3 rings (SSSR count). The summed E-state index contributed by atoms with van der Waals surface area (Å²) in [7, 11) is 6.81. The van der Waals surface area contributed by atoms with Crippen LogP contribution >= 0.6 is 0 Å². The van der Waals surface area contributed by atoms with Crippen LogP contribution in [0.3, 0.4) is 0 Å². The Labute approximate surface area is 162 Å². The monoisotopic (exact) mass is 375 g/mol. The van der Waals surface area contributed by atoms with Gasteiger partial charge in [0.15, 0.2) is 17.5 Å². The molecular weight excluding hydrogens is 342 g/mol. The highest BCUT2D eigenvalue weighted by atomic mass is 16.5. The van der Waals surface area contributed by atoms with Gasteiger partial charge >= 0.3 is 0 Å². The van der Waals surface area contributed by atoms with Gasteiger partial charge in [-0.1, -0.05) is 19.3 Å². The lowest BCUT2D eigenvalue weighted by molar-refractivity contribution is 0.203. The van der Waals surface area contributed by atoms with Gasteiger partial charge in [-0.25, -0.2) is 0 Å². The largest absolute Gasteiger partial charge is 0.496 e. The van der Waals surface area contributed by atoms with Crippen molar-refractivity contribution in [2.24, 2.45) is 10.4 Å². The Morgan fingerprint density at radius 3 is 2.30 bits per heavy atom. The summed E-state index contributed by atoms with van der Waals surface area (Å²) in [5.41, 5.74) is 1.53. The number of methoxy groups -OCH3 is 3. The fraction of sp³-hybridized carbons (Fsp3) is 0.667. The second-order valence-corrected chi connectivity index (χ2v) is 7.65. The molecule has 0 amide bonds. The van der Waals surface area contributed by atoms with Crippen molar-refractivity contribution in [3.05, 3.63) is 17.7 Å². The first-order valence-corrected chi connectivity index (χ1v) is 9.89. The van der Waals surface area contributed by atoms with E-state index in [-0.39, 0.29) is 0 Å². The average Bonchev–Trinajstić information content (AvgIpc) is 3.11. The van der Waals surface area contributed by atoms with E-state index in [1.54, 1.807) is 21.3 Å². The molecule has 1 aromatic carbocycles. The van der Waals surface area contributed by atoms with E-state index in [0.717, 1.165) is 30.4 Å². The molecule has 2 fully saturated rings. The lowest BCUT2D eigenvalue weighted by Crippen LogP contribution is -2.41. The number of benzene rings is 1. The second kappa shape index (κ2) is 8.72. The van der Waals surface area contributed by atoms with Crippen molar-refractivity contribution in [3.8, 4) is 17.2 Å². The van der Waals surface area contributed by atoms with Gasteiger partial charge in [-0.3, -0.25) is 4.99 Å². The van der Waals surface area contributed by atoms with E-state index in [9.17, 15) is 0 Å². The van der Waals surface area contributed by atoms with Gasteiger partial charge in [0.25, 0.3) is 0 Å². The molecular formula is C21H33N3O3. The van der Waals surface area contributed by atoms with Crippen molar-refractivity contribution < 1.29 is 14.2 Å². The van der Waals surface area contributed by atoms with Crippen molar-refractivity contribution in [1.29, 1.82) is 0 Å². The van der Waals surface area contributed by atoms with Gasteiger partial charge in [0, 0.05) is 38.3 Å². The van der Waals surface area contributed by atoms with E-state index < -0.39 is 0 Å². The summed E-state index contributed by atoms with van der Waals surface area (Å²) in [5, 5.41) is 3.51. The maximum atomic E-state index is 5.54. The molecule has 1 saturated heterocycles. The molecule has 1 heterocycles. The van der Waals surface area contributed by atoms with Crippen molar-refractivity contribution in [3.63, 3.8) is 0 Å². The van der Waals surface area contributed by atoms with Gasteiger partial charge in [0.2, 0.25) is 0 Å². The molecule has 1 saturated carbocycles. The van der Waals surface area contributed by atoms with Crippen LogP contribution in [0, 0.1) is 5.41 Å². The number of likely N-dealkylation sites (tertiary alicyclic amines) is 1. The molecule has 2 aliphatic rings. The smallest absolute Gasteiger partial charge is 0.193 e. The summed E-state index contributed by atoms with van der Waals surface area (Å²) in [6, 6.07) is 3.83. The quantitative estimate of drug-likeness (QED) is 0.631. The first-order valence-electron chi connectivity index (χ1n) is 9.89. The van der Waals surface area contributed by atoms with Crippen LogP contribution in [0.25, 0.3) is 0 Å². The third kappa shape index (κ3) is 4.25. The SMILES string of the molecule is CN=C(NCc1cc(OC)c(OC)cc1OC)N1CCC2(CCCCC2)C1. The third-order valence-corrected chi connectivity index (χ3v) is 6.09. The van der Waals surface area contributed by atoms with Crippen LogP contribution in [0.2, 0.25) is 0 Å². The summed E-state index contributed by atoms with van der Waals surface area (Å²) in [6.45, 7) is 2.83. The van der Waals surface area contributed by atoms with Gasteiger partial charge in [-0.05, 0) is 30.7 Å². The number of nitrogens with zero attached hydrogens (tertiary/aromatic N) is 2. The van der Waals surface area contributed by atoms with Crippen LogP contribution in [0.15, 0.2) is 17.1 Å². The maximum absolute atomic E-state index is 5.54. The average molecular weight is 376 g/mol. The highest BCUT2D eigenvalue weighted by Crippen LogP contribution is 2.43. The first-order chi connectivity index (χ1) is 13.1. The Hall–Kier alpha value is -2.11. The van der Waals surface area contributed by atoms with E-state index in [4.69, 9.17) is 14.2 Å². The molecule has 0 atom stereocenters. The summed E-state index contributed by atoms with van der Waals surface area (Å²) >= 11 is 0. The normalized spacial score (nSPS) is 19.3. The van der Waals surface area contributed by atoms with E-state index in [2.05, 4.69) is 15.2 Å². The second-order valence-electron chi connectivity index (χ2n) is 7.65. The highest BCUT2D eigenvalue weighted by molar-refractivity contribution is 5.80.